The van der Waals surface area contributed by atoms with Gasteiger partial charge in [-0.05, 0) is 36.9 Å². The lowest BCUT2D eigenvalue weighted by Crippen LogP contribution is -2.27. The van der Waals surface area contributed by atoms with Gasteiger partial charge in [-0.1, -0.05) is 50.6 Å². The van der Waals surface area contributed by atoms with Crippen LogP contribution in [0.3, 0.4) is 0 Å². The van der Waals surface area contributed by atoms with Crippen LogP contribution < -0.4 is 5.32 Å². The summed E-state index contributed by atoms with van der Waals surface area (Å²) in [6.07, 6.45) is 0. The van der Waals surface area contributed by atoms with Gasteiger partial charge in [-0.3, -0.25) is 0 Å². The Morgan fingerprint density at radius 1 is 1.12 bits per heavy atom. The summed E-state index contributed by atoms with van der Waals surface area (Å²) in [7, 11) is 0. The van der Waals surface area contributed by atoms with Gasteiger partial charge in [0.25, 0.3) is 0 Å². The van der Waals surface area contributed by atoms with Gasteiger partial charge in [-0.25, -0.2) is 0 Å². The lowest BCUT2D eigenvalue weighted by Gasteiger charge is -2.21. The van der Waals surface area contributed by atoms with E-state index in [2.05, 4.69) is 39.1 Å². The third-order valence-corrected chi connectivity index (χ3v) is 3.60. The summed E-state index contributed by atoms with van der Waals surface area (Å²) in [5, 5.41) is 4.38. The normalized spacial score (nSPS) is 15.1. The number of hydrogen-bond acceptors (Lipinski definition) is 1. The second-order valence-corrected chi connectivity index (χ2v) is 5.28. The molecule has 1 aromatic carbocycles. The summed E-state index contributed by atoms with van der Waals surface area (Å²) in [6.45, 7) is 9.98. The molecule has 2 atom stereocenters. The van der Waals surface area contributed by atoms with Crippen LogP contribution >= 0.6 is 11.6 Å². The molecular weight excluding hydrogens is 218 g/mol. The highest BCUT2D eigenvalue weighted by Gasteiger charge is 2.11. The summed E-state index contributed by atoms with van der Waals surface area (Å²) in [4.78, 5) is 0. The van der Waals surface area contributed by atoms with Crippen molar-refractivity contribution in [1.29, 1.82) is 0 Å². The van der Waals surface area contributed by atoms with E-state index in [1.165, 1.54) is 5.56 Å². The van der Waals surface area contributed by atoms with Gasteiger partial charge in [0.2, 0.25) is 0 Å². The fourth-order valence-electron chi connectivity index (χ4n) is 1.53. The van der Waals surface area contributed by atoms with Crippen LogP contribution in [0, 0.1) is 11.8 Å². The van der Waals surface area contributed by atoms with Crippen LogP contribution in [0.5, 0.6) is 0 Å². The molecule has 0 spiro atoms. The minimum atomic E-state index is 0.315. The third kappa shape index (κ3) is 3.80. The highest BCUT2D eigenvalue weighted by atomic mass is 35.5. The van der Waals surface area contributed by atoms with Gasteiger partial charge in [0, 0.05) is 11.1 Å². The molecule has 16 heavy (non-hydrogen) atoms. The Hall–Kier alpha value is -0.530. The average molecular weight is 240 g/mol. The molecule has 0 saturated heterocycles. The fraction of sp³-hybridized carbons (Fsp3) is 0.571. The van der Waals surface area contributed by atoms with Gasteiger partial charge in [-0.15, -0.1) is 0 Å². The zero-order chi connectivity index (χ0) is 12.1. The van der Waals surface area contributed by atoms with Gasteiger partial charge < -0.3 is 5.32 Å². The summed E-state index contributed by atoms with van der Waals surface area (Å²) >= 11 is 6.16. The third-order valence-electron chi connectivity index (χ3n) is 3.26. The Labute approximate surface area is 104 Å². The van der Waals surface area contributed by atoms with Crippen LogP contribution in [0.4, 0.5) is 0 Å². The van der Waals surface area contributed by atoms with Gasteiger partial charge in [-0.2, -0.15) is 0 Å². The predicted octanol–water partition coefficient (Wildman–Crippen LogP) is 4.28. The second-order valence-electron chi connectivity index (χ2n) is 4.87. The molecule has 1 rings (SSSR count). The van der Waals surface area contributed by atoms with Crippen molar-refractivity contribution < 1.29 is 0 Å². The lowest BCUT2D eigenvalue weighted by molar-refractivity contribution is 0.375. The summed E-state index contributed by atoms with van der Waals surface area (Å²) in [5.74, 6) is 1.40. The Morgan fingerprint density at radius 3 is 2.31 bits per heavy atom. The van der Waals surface area contributed by atoms with Crippen molar-refractivity contribution in [3.63, 3.8) is 0 Å². The molecule has 1 nitrogen and oxygen atoms in total. The van der Waals surface area contributed by atoms with E-state index < -0.39 is 0 Å². The Kier molecular flexibility index (Phi) is 5.30. The largest absolute Gasteiger partial charge is 0.310 e. The minimum absolute atomic E-state index is 0.315. The monoisotopic (exact) mass is 239 g/mol. The summed E-state index contributed by atoms with van der Waals surface area (Å²) < 4.78 is 0. The quantitative estimate of drug-likeness (QED) is 0.809. The highest BCUT2D eigenvalue weighted by molar-refractivity contribution is 6.31. The smallest absolute Gasteiger partial charge is 0.0453 e. The Morgan fingerprint density at radius 2 is 1.75 bits per heavy atom. The van der Waals surface area contributed by atoms with E-state index in [1.807, 2.05) is 18.2 Å². The molecular formula is C14H22ClN. The number of rotatable bonds is 5. The molecule has 0 radical (unpaired) electrons. The van der Waals surface area contributed by atoms with Crippen LogP contribution in [0.15, 0.2) is 24.3 Å². The van der Waals surface area contributed by atoms with E-state index in [1.54, 1.807) is 0 Å². The van der Waals surface area contributed by atoms with Crippen LogP contribution in [0.1, 0.15) is 39.3 Å². The van der Waals surface area contributed by atoms with Gasteiger partial charge in [0.1, 0.15) is 0 Å². The molecule has 0 fully saturated rings. The maximum atomic E-state index is 6.16. The molecule has 0 aliphatic carbocycles. The summed E-state index contributed by atoms with van der Waals surface area (Å²) in [5.41, 5.74) is 1.18. The van der Waals surface area contributed by atoms with E-state index in [9.17, 15) is 0 Å². The van der Waals surface area contributed by atoms with Crippen molar-refractivity contribution in [3.8, 4) is 0 Å². The van der Waals surface area contributed by atoms with Crippen LogP contribution in [0.25, 0.3) is 0 Å². The SMILES string of the molecule is CC(NCC(C)C(C)C)c1ccccc1Cl. The van der Waals surface area contributed by atoms with Crippen LogP contribution in [-0.4, -0.2) is 6.54 Å². The first-order valence-corrected chi connectivity index (χ1v) is 6.38. The number of benzene rings is 1. The first kappa shape index (κ1) is 13.5. The topological polar surface area (TPSA) is 12.0 Å². The summed E-state index contributed by atoms with van der Waals surface area (Å²) in [6, 6.07) is 8.34. The van der Waals surface area contributed by atoms with E-state index in [-0.39, 0.29) is 0 Å². The van der Waals surface area contributed by atoms with Crippen LogP contribution in [0.2, 0.25) is 5.02 Å². The van der Waals surface area contributed by atoms with Crippen molar-refractivity contribution in [2.24, 2.45) is 11.8 Å². The molecule has 2 unspecified atom stereocenters. The molecule has 0 heterocycles. The number of halogens is 1. The van der Waals surface area contributed by atoms with E-state index in [0.29, 0.717) is 17.9 Å². The predicted molar refractivity (Wildman–Crippen MR) is 71.9 cm³/mol. The van der Waals surface area contributed by atoms with Crippen molar-refractivity contribution in [2.75, 3.05) is 6.54 Å². The first-order chi connectivity index (χ1) is 7.52. The molecule has 0 bridgehead atoms. The molecule has 2 heteroatoms. The Bertz CT molecular complexity index is 322. The lowest BCUT2D eigenvalue weighted by atomic mass is 9.97. The molecule has 90 valence electrons. The number of hydrogen-bond donors (Lipinski definition) is 1. The Balaban J connectivity index is 2.53. The van der Waals surface area contributed by atoms with E-state index in [4.69, 9.17) is 11.6 Å². The average Bonchev–Trinajstić information content (AvgIpc) is 2.25. The van der Waals surface area contributed by atoms with E-state index in [0.717, 1.165) is 11.6 Å². The van der Waals surface area contributed by atoms with Gasteiger partial charge in [0.05, 0.1) is 0 Å². The molecule has 1 aromatic rings. The number of nitrogens with one attached hydrogen (secondary N) is 1. The maximum Gasteiger partial charge on any atom is 0.0453 e. The fourth-order valence-corrected chi connectivity index (χ4v) is 1.83. The van der Waals surface area contributed by atoms with Crippen molar-refractivity contribution >= 4 is 11.6 Å². The molecule has 0 saturated carbocycles. The van der Waals surface area contributed by atoms with Crippen molar-refractivity contribution in [1.82, 2.24) is 5.32 Å². The van der Waals surface area contributed by atoms with Gasteiger partial charge >= 0.3 is 0 Å². The minimum Gasteiger partial charge on any atom is -0.310 e. The van der Waals surface area contributed by atoms with E-state index >= 15 is 0 Å². The molecule has 0 aromatic heterocycles. The van der Waals surface area contributed by atoms with Crippen LogP contribution in [-0.2, 0) is 0 Å². The molecule has 0 aliphatic heterocycles. The zero-order valence-corrected chi connectivity index (χ0v) is 11.4. The zero-order valence-electron chi connectivity index (χ0n) is 10.6. The second kappa shape index (κ2) is 6.27. The molecule has 0 aliphatic rings. The molecule has 0 amide bonds. The standard InChI is InChI=1S/C14H22ClN/c1-10(2)11(3)9-16-12(4)13-7-5-6-8-14(13)15/h5-8,10-12,16H,9H2,1-4H3. The van der Waals surface area contributed by atoms with Crippen molar-refractivity contribution in [3.05, 3.63) is 34.9 Å². The van der Waals surface area contributed by atoms with Gasteiger partial charge in [0.15, 0.2) is 0 Å². The maximum absolute atomic E-state index is 6.16. The molecule has 1 N–H and O–H groups in total. The first-order valence-electron chi connectivity index (χ1n) is 6.00. The highest BCUT2D eigenvalue weighted by Crippen LogP contribution is 2.22. The van der Waals surface area contributed by atoms with Crippen molar-refractivity contribution in [2.45, 2.75) is 33.7 Å².